The molecule has 2 heterocycles. The van der Waals surface area contributed by atoms with E-state index in [2.05, 4.69) is 36.7 Å². The van der Waals surface area contributed by atoms with E-state index in [1.807, 2.05) is 24.0 Å². The number of amides is 1. The highest BCUT2D eigenvalue weighted by atomic mass is 32.1. The molecular formula is C20H26N2O2S. The van der Waals surface area contributed by atoms with E-state index >= 15 is 0 Å². The number of thiophene rings is 1. The van der Waals surface area contributed by atoms with E-state index in [-0.39, 0.29) is 18.0 Å². The Hall–Kier alpha value is -1.85. The summed E-state index contributed by atoms with van der Waals surface area (Å²) in [6, 6.07) is 8.08. The summed E-state index contributed by atoms with van der Waals surface area (Å²) in [6.45, 7) is 7.63. The maximum atomic E-state index is 12.9. The number of ether oxygens (including phenoxy) is 1. The second kappa shape index (κ2) is 7.58. The molecule has 3 rings (SSSR count). The van der Waals surface area contributed by atoms with Gasteiger partial charge in [-0.1, -0.05) is 17.7 Å². The van der Waals surface area contributed by atoms with Crippen LogP contribution in [0.15, 0.2) is 29.6 Å². The Morgan fingerprint density at radius 3 is 2.88 bits per heavy atom. The number of nitrogens with one attached hydrogen (secondary N) is 1. The molecule has 25 heavy (non-hydrogen) atoms. The standard InChI is InChI=1S/C20H26N2O2S/c1-13-5-6-18(24-4)17(11-13)14(2)21-15(3)20(23)22-9-7-19-16(12-22)8-10-25-19/h5-6,8,10-11,14-15,21H,7,9,12H2,1-4H3. The van der Waals surface area contributed by atoms with Gasteiger partial charge in [-0.05, 0) is 50.3 Å². The van der Waals surface area contributed by atoms with Crippen molar-refractivity contribution >= 4 is 17.2 Å². The first-order valence-electron chi connectivity index (χ1n) is 8.74. The number of methoxy groups -OCH3 is 1. The lowest BCUT2D eigenvalue weighted by Crippen LogP contribution is -2.47. The second-order valence-corrected chi connectivity index (χ2v) is 7.73. The fourth-order valence-corrected chi connectivity index (χ4v) is 4.33. The minimum absolute atomic E-state index is 0.0373. The van der Waals surface area contributed by atoms with Crippen molar-refractivity contribution < 1.29 is 9.53 Å². The van der Waals surface area contributed by atoms with E-state index in [1.54, 1.807) is 18.4 Å². The molecule has 1 aromatic heterocycles. The minimum Gasteiger partial charge on any atom is -0.496 e. The van der Waals surface area contributed by atoms with Crippen LogP contribution >= 0.6 is 11.3 Å². The first-order valence-corrected chi connectivity index (χ1v) is 9.62. The molecule has 1 aliphatic rings. The summed E-state index contributed by atoms with van der Waals surface area (Å²) < 4.78 is 5.48. The molecule has 2 aromatic rings. The number of benzene rings is 1. The maximum absolute atomic E-state index is 12.9. The van der Waals surface area contributed by atoms with E-state index in [0.717, 1.165) is 30.8 Å². The van der Waals surface area contributed by atoms with Gasteiger partial charge in [0.05, 0.1) is 13.2 Å². The van der Waals surface area contributed by atoms with Crippen LogP contribution in [-0.2, 0) is 17.8 Å². The van der Waals surface area contributed by atoms with Gasteiger partial charge in [-0.25, -0.2) is 0 Å². The molecule has 2 unspecified atom stereocenters. The van der Waals surface area contributed by atoms with Crippen LogP contribution in [0, 0.1) is 6.92 Å². The van der Waals surface area contributed by atoms with Crippen molar-refractivity contribution in [2.75, 3.05) is 13.7 Å². The van der Waals surface area contributed by atoms with Crippen LogP contribution in [0.2, 0.25) is 0 Å². The molecule has 2 atom stereocenters. The predicted octanol–water partition coefficient (Wildman–Crippen LogP) is 3.69. The van der Waals surface area contributed by atoms with E-state index in [1.165, 1.54) is 16.0 Å². The van der Waals surface area contributed by atoms with Crippen molar-refractivity contribution in [3.8, 4) is 5.75 Å². The SMILES string of the molecule is COc1ccc(C)cc1C(C)NC(C)C(=O)N1CCc2sccc2C1. The highest BCUT2D eigenvalue weighted by molar-refractivity contribution is 7.10. The molecule has 0 saturated carbocycles. The van der Waals surface area contributed by atoms with Crippen LogP contribution < -0.4 is 10.1 Å². The number of hydrogen-bond donors (Lipinski definition) is 1. The van der Waals surface area contributed by atoms with Crippen LogP contribution in [0.3, 0.4) is 0 Å². The van der Waals surface area contributed by atoms with Gasteiger partial charge in [0.15, 0.2) is 0 Å². The Morgan fingerprint density at radius 2 is 2.12 bits per heavy atom. The maximum Gasteiger partial charge on any atom is 0.239 e. The summed E-state index contributed by atoms with van der Waals surface area (Å²) in [6.07, 6.45) is 0.965. The first kappa shape index (κ1) is 18.0. The van der Waals surface area contributed by atoms with E-state index < -0.39 is 0 Å². The number of nitrogens with zero attached hydrogens (tertiary/aromatic N) is 1. The molecule has 0 bridgehead atoms. The molecule has 0 spiro atoms. The number of fused-ring (bicyclic) bond motifs is 1. The fraction of sp³-hybridized carbons (Fsp3) is 0.450. The molecule has 0 saturated heterocycles. The number of rotatable bonds is 5. The lowest BCUT2D eigenvalue weighted by Gasteiger charge is -2.31. The fourth-order valence-electron chi connectivity index (χ4n) is 3.44. The summed E-state index contributed by atoms with van der Waals surface area (Å²) in [5, 5.41) is 5.56. The summed E-state index contributed by atoms with van der Waals surface area (Å²) in [7, 11) is 1.68. The third-order valence-electron chi connectivity index (χ3n) is 4.84. The van der Waals surface area contributed by atoms with Crippen LogP contribution in [-0.4, -0.2) is 30.5 Å². The highest BCUT2D eigenvalue weighted by Crippen LogP contribution is 2.27. The molecular weight excluding hydrogens is 332 g/mol. The largest absolute Gasteiger partial charge is 0.496 e. The van der Waals surface area contributed by atoms with E-state index in [9.17, 15) is 4.79 Å². The second-order valence-electron chi connectivity index (χ2n) is 6.73. The molecule has 0 fully saturated rings. The average Bonchev–Trinajstić information content (AvgIpc) is 3.08. The van der Waals surface area contributed by atoms with Gasteiger partial charge in [0.2, 0.25) is 5.91 Å². The predicted molar refractivity (Wildman–Crippen MR) is 102 cm³/mol. The molecule has 5 heteroatoms. The zero-order valence-electron chi connectivity index (χ0n) is 15.3. The van der Waals surface area contributed by atoms with Crippen molar-refractivity contribution in [2.45, 2.75) is 45.8 Å². The normalized spacial score (nSPS) is 16.2. The van der Waals surface area contributed by atoms with Crippen molar-refractivity contribution in [1.29, 1.82) is 0 Å². The summed E-state index contributed by atoms with van der Waals surface area (Å²) in [5.74, 6) is 1.02. The topological polar surface area (TPSA) is 41.6 Å². The number of aryl methyl sites for hydroxylation is 1. The van der Waals surface area contributed by atoms with E-state index in [0.29, 0.717) is 0 Å². The Kier molecular flexibility index (Phi) is 5.45. The Bertz CT molecular complexity index is 756. The van der Waals surface area contributed by atoms with E-state index in [4.69, 9.17) is 4.74 Å². The number of carbonyl (C=O) groups excluding carboxylic acids is 1. The van der Waals surface area contributed by atoms with Crippen molar-refractivity contribution in [1.82, 2.24) is 10.2 Å². The molecule has 134 valence electrons. The summed E-state index contributed by atoms with van der Waals surface area (Å²) >= 11 is 1.79. The number of carbonyl (C=O) groups is 1. The Morgan fingerprint density at radius 1 is 1.32 bits per heavy atom. The lowest BCUT2D eigenvalue weighted by molar-refractivity contribution is -0.134. The van der Waals surface area contributed by atoms with Crippen LogP contribution in [0.25, 0.3) is 0 Å². The van der Waals surface area contributed by atoms with Gasteiger partial charge < -0.3 is 9.64 Å². The van der Waals surface area contributed by atoms with Crippen molar-refractivity contribution in [3.05, 3.63) is 51.2 Å². The summed E-state index contributed by atoms with van der Waals surface area (Å²) in [5.41, 5.74) is 3.57. The third kappa shape index (κ3) is 3.88. The van der Waals surface area contributed by atoms with Gasteiger partial charge in [0, 0.05) is 29.6 Å². The molecule has 0 aliphatic carbocycles. The first-order chi connectivity index (χ1) is 12.0. The van der Waals surface area contributed by atoms with Gasteiger partial charge in [-0.15, -0.1) is 11.3 Å². The Labute approximate surface area is 153 Å². The smallest absolute Gasteiger partial charge is 0.239 e. The van der Waals surface area contributed by atoms with Crippen LogP contribution in [0.4, 0.5) is 0 Å². The molecule has 1 amide bonds. The third-order valence-corrected chi connectivity index (χ3v) is 5.86. The zero-order chi connectivity index (χ0) is 18.0. The molecule has 1 aliphatic heterocycles. The summed E-state index contributed by atoms with van der Waals surface area (Å²) in [4.78, 5) is 16.2. The van der Waals surface area contributed by atoms with Gasteiger partial charge in [0.1, 0.15) is 5.75 Å². The highest BCUT2D eigenvalue weighted by Gasteiger charge is 2.26. The average molecular weight is 359 g/mol. The monoisotopic (exact) mass is 358 g/mol. The minimum atomic E-state index is -0.236. The van der Waals surface area contributed by atoms with Gasteiger partial charge >= 0.3 is 0 Å². The van der Waals surface area contributed by atoms with Gasteiger partial charge in [0.25, 0.3) is 0 Å². The van der Waals surface area contributed by atoms with Crippen LogP contribution in [0.5, 0.6) is 5.75 Å². The molecule has 1 aromatic carbocycles. The number of hydrogen-bond acceptors (Lipinski definition) is 4. The molecule has 4 nitrogen and oxygen atoms in total. The molecule has 0 radical (unpaired) electrons. The quantitative estimate of drug-likeness (QED) is 0.886. The van der Waals surface area contributed by atoms with Crippen molar-refractivity contribution in [2.24, 2.45) is 0 Å². The van der Waals surface area contributed by atoms with Crippen molar-refractivity contribution in [3.63, 3.8) is 0 Å². The molecule has 1 N–H and O–H groups in total. The Balaban J connectivity index is 1.66. The lowest BCUT2D eigenvalue weighted by atomic mass is 10.0. The van der Waals surface area contributed by atoms with Crippen LogP contribution in [0.1, 0.15) is 41.5 Å². The van der Waals surface area contributed by atoms with Gasteiger partial charge in [-0.2, -0.15) is 0 Å². The van der Waals surface area contributed by atoms with Gasteiger partial charge in [-0.3, -0.25) is 10.1 Å². The zero-order valence-corrected chi connectivity index (χ0v) is 16.2.